The van der Waals surface area contributed by atoms with Crippen LogP contribution in [0.2, 0.25) is 0 Å². The van der Waals surface area contributed by atoms with Crippen molar-refractivity contribution in [3.05, 3.63) is 47.2 Å². The van der Waals surface area contributed by atoms with Gasteiger partial charge in [-0.1, -0.05) is 18.2 Å². The van der Waals surface area contributed by atoms with Crippen molar-refractivity contribution in [2.75, 3.05) is 7.11 Å². The molecule has 100 valence electrons. The molecular formula is C15H16O4. The first-order valence-corrected chi connectivity index (χ1v) is 6.00. The Labute approximate surface area is 111 Å². The van der Waals surface area contributed by atoms with Gasteiger partial charge in [-0.05, 0) is 24.6 Å². The number of carbonyl (C=O) groups is 1. The van der Waals surface area contributed by atoms with E-state index in [0.717, 1.165) is 22.5 Å². The largest absolute Gasteiger partial charge is 0.469 e. The molecule has 1 aromatic heterocycles. The molecule has 1 aromatic carbocycles. The van der Waals surface area contributed by atoms with Crippen LogP contribution in [0, 0.1) is 6.92 Å². The molecule has 2 aromatic rings. The van der Waals surface area contributed by atoms with Crippen molar-refractivity contribution in [2.24, 2.45) is 0 Å². The summed E-state index contributed by atoms with van der Waals surface area (Å²) in [6.45, 7) is 1.76. The fourth-order valence-corrected chi connectivity index (χ4v) is 1.99. The maximum absolute atomic E-state index is 11.3. The van der Waals surface area contributed by atoms with Gasteiger partial charge in [0.1, 0.15) is 11.5 Å². The van der Waals surface area contributed by atoms with Gasteiger partial charge in [0.25, 0.3) is 0 Å². The Morgan fingerprint density at radius 1 is 1.37 bits per heavy atom. The van der Waals surface area contributed by atoms with Crippen LogP contribution in [-0.2, 0) is 22.6 Å². The van der Waals surface area contributed by atoms with E-state index >= 15 is 0 Å². The summed E-state index contributed by atoms with van der Waals surface area (Å²) in [7, 11) is 1.37. The van der Waals surface area contributed by atoms with Gasteiger partial charge in [0.2, 0.25) is 0 Å². The van der Waals surface area contributed by atoms with Crippen LogP contribution >= 0.6 is 0 Å². The molecule has 0 amide bonds. The highest BCUT2D eigenvalue weighted by Crippen LogP contribution is 2.28. The van der Waals surface area contributed by atoms with Gasteiger partial charge in [-0.2, -0.15) is 0 Å². The topological polar surface area (TPSA) is 59.7 Å². The molecule has 0 unspecified atom stereocenters. The minimum atomic E-state index is -0.282. The van der Waals surface area contributed by atoms with Crippen LogP contribution in [0.4, 0.5) is 0 Å². The molecule has 19 heavy (non-hydrogen) atoms. The van der Waals surface area contributed by atoms with E-state index in [0.29, 0.717) is 5.76 Å². The number of ether oxygens (including phenoxy) is 1. The summed E-state index contributed by atoms with van der Waals surface area (Å²) < 4.78 is 10.2. The standard InChI is InChI=1S/C15H16O4/c1-10-6-13(9-16)15(19-10)12-5-3-4-11(7-12)8-14(17)18-2/h3-7,16H,8-9H2,1-2H3. The number of carbonyl (C=O) groups excluding carboxylic acids is 1. The zero-order chi connectivity index (χ0) is 13.8. The monoisotopic (exact) mass is 260 g/mol. The number of esters is 1. The molecule has 0 aliphatic carbocycles. The van der Waals surface area contributed by atoms with E-state index in [2.05, 4.69) is 4.74 Å². The molecule has 4 heteroatoms. The first kappa shape index (κ1) is 13.4. The molecule has 0 saturated heterocycles. The molecule has 4 nitrogen and oxygen atoms in total. The molecule has 0 radical (unpaired) electrons. The van der Waals surface area contributed by atoms with Crippen molar-refractivity contribution in [2.45, 2.75) is 20.0 Å². The Hall–Kier alpha value is -2.07. The number of aliphatic hydroxyl groups is 1. The van der Waals surface area contributed by atoms with E-state index < -0.39 is 0 Å². The third-order valence-corrected chi connectivity index (χ3v) is 2.87. The average molecular weight is 260 g/mol. The molecule has 2 rings (SSSR count). The number of hydrogen-bond acceptors (Lipinski definition) is 4. The maximum atomic E-state index is 11.3. The lowest BCUT2D eigenvalue weighted by atomic mass is 10.0. The molecule has 0 atom stereocenters. The van der Waals surface area contributed by atoms with Gasteiger partial charge < -0.3 is 14.3 Å². The van der Waals surface area contributed by atoms with Gasteiger partial charge in [0, 0.05) is 11.1 Å². The average Bonchev–Trinajstić information content (AvgIpc) is 2.80. The molecule has 0 bridgehead atoms. The fraction of sp³-hybridized carbons (Fsp3) is 0.267. The molecule has 0 saturated carbocycles. The second-order valence-electron chi connectivity index (χ2n) is 4.32. The summed E-state index contributed by atoms with van der Waals surface area (Å²) >= 11 is 0. The van der Waals surface area contributed by atoms with Crippen LogP contribution < -0.4 is 0 Å². The molecule has 0 spiro atoms. The number of methoxy groups -OCH3 is 1. The first-order chi connectivity index (χ1) is 9.13. The first-order valence-electron chi connectivity index (χ1n) is 6.00. The number of rotatable bonds is 4. The lowest BCUT2D eigenvalue weighted by Crippen LogP contribution is -2.04. The summed E-state index contributed by atoms with van der Waals surface area (Å²) in [6.07, 6.45) is 0.221. The molecule has 0 aliphatic rings. The molecular weight excluding hydrogens is 244 g/mol. The normalized spacial score (nSPS) is 10.5. The number of aliphatic hydroxyl groups excluding tert-OH is 1. The fourth-order valence-electron chi connectivity index (χ4n) is 1.99. The summed E-state index contributed by atoms with van der Waals surface area (Å²) in [5.41, 5.74) is 2.44. The highest BCUT2D eigenvalue weighted by atomic mass is 16.5. The van der Waals surface area contributed by atoms with Gasteiger partial charge in [-0.25, -0.2) is 0 Å². The Bertz CT molecular complexity index is 584. The van der Waals surface area contributed by atoms with Crippen LogP contribution in [-0.4, -0.2) is 18.2 Å². The van der Waals surface area contributed by atoms with Crippen molar-refractivity contribution in [3.8, 4) is 11.3 Å². The van der Waals surface area contributed by atoms with E-state index in [9.17, 15) is 9.90 Å². The van der Waals surface area contributed by atoms with Crippen molar-refractivity contribution < 1.29 is 19.1 Å². The predicted molar refractivity (Wildman–Crippen MR) is 70.5 cm³/mol. The van der Waals surface area contributed by atoms with Gasteiger partial charge in [0.05, 0.1) is 20.1 Å². The zero-order valence-electron chi connectivity index (χ0n) is 11.0. The lowest BCUT2D eigenvalue weighted by Gasteiger charge is -2.04. The number of hydrogen-bond donors (Lipinski definition) is 1. The molecule has 0 aliphatic heterocycles. The van der Waals surface area contributed by atoms with Crippen LogP contribution in [0.3, 0.4) is 0 Å². The van der Waals surface area contributed by atoms with E-state index in [1.807, 2.05) is 37.3 Å². The molecule has 1 heterocycles. The van der Waals surface area contributed by atoms with Crippen LogP contribution in [0.5, 0.6) is 0 Å². The van der Waals surface area contributed by atoms with Crippen LogP contribution in [0.1, 0.15) is 16.9 Å². The lowest BCUT2D eigenvalue weighted by molar-refractivity contribution is -0.139. The van der Waals surface area contributed by atoms with Gasteiger partial charge in [0.15, 0.2) is 0 Å². The minimum absolute atomic E-state index is 0.0755. The molecule has 0 fully saturated rings. The second kappa shape index (κ2) is 5.71. The van der Waals surface area contributed by atoms with Crippen molar-refractivity contribution in [1.29, 1.82) is 0 Å². The minimum Gasteiger partial charge on any atom is -0.469 e. The third kappa shape index (κ3) is 3.03. The van der Waals surface area contributed by atoms with Crippen molar-refractivity contribution >= 4 is 5.97 Å². The summed E-state index contributed by atoms with van der Waals surface area (Å²) in [5.74, 6) is 1.11. The third-order valence-electron chi connectivity index (χ3n) is 2.87. The Balaban J connectivity index is 2.34. The zero-order valence-corrected chi connectivity index (χ0v) is 11.0. The Morgan fingerprint density at radius 3 is 2.84 bits per heavy atom. The molecule has 1 N–H and O–H groups in total. The second-order valence-corrected chi connectivity index (χ2v) is 4.32. The van der Waals surface area contributed by atoms with E-state index in [1.165, 1.54) is 7.11 Å². The number of benzene rings is 1. The van der Waals surface area contributed by atoms with Crippen LogP contribution in [0.25, 0.3) is 11.3 Å². The van der Waals surface area contributed by atoms with Gasteiger partial charge >= 0.3 is 5.97 Å². The smallest absolute Gasteiger partial charge is 0.309 e. The van der Waals surface area contributed by atoms with E-state index in [-0.39, 0.29) is 19.0 Å². The summed E-state index contributed by atoms with van der Waals surface area (Å²) in [6, 6.07) is 9.27. The summed E-state index contributed by atoms with van der Waals surface area (Å²) in [5, 5.41) is 9.31. The SMILES string of the molecule is COC(=O)Cc1cccc(-c2oc(C)cc2CO)c1. The quantitative estimate of drug-likeness (QED) is 0.858. The van der Waals surface area contributed by atoms with E-state index in [1.54, 1.807) is 0 Å². The predicted octanol–water partition coefficient (Wildman–Crippen LogP) is 2.46. The van der Waals surface area contributed by atoms with Crippen molar-refractivity contribution in [1.82, 2.24) is 0 Å². The highest BCUT2D eigenvalue weighted by Gasteiger charge is 2.12. The highest BCUT2D eigenvalue weighted by molar-refractivity contribution is 5.73. The van der Waals surface area contributed by atoms with Crippen molar-refractivity contribution in [3.63, 3.8) is 0 Å². The Morgan fingerprint density at radius 2 is 2.16 bits per heavy atom. The van der Waals surface area contributed by atoms with E-state index in [4.69, 9.17) is 4.42 Å². The van der Waals surface area contributed by atoms with Gasteiger partial charge in [-0.15, -0.1) is 0 Å². The number of furan rings is 1. The summed E-state index contributed by atoms with van der Waals surface area (Å²) in [4.78, 5) is 11.3. The van der Waals surface area contributed by atoms with Crippen LogP contribution in [0.15, 0.2) is 34.7 Å². The Kier molecular flexibility index (Phi) is 4.02. The maximum Gasteiger partial charge on any atom is 0.309 e. The number of aryl methyl sites for hydroxylation is 1. The van der Waals surface area contributed by atoms with Gasteiger partial charge in [-0.3, -0.25) is 4.79 Å².